The zero-order valence-electron chi connectivity index (χ0n) is 15.3. The molecule has 1 aliphatic carbocycles. The molecule has 2 N–H and O–H groups in total. The Morgan fingerprint density at radius 2 is 2.15 bits per heavy atom. The van der Waals surface area contributed by atoms with E-state index in [0.29, 0.717) is 13.0 Å². The minimum Gasteiger partial charge on any atom is -0.467 e. The van der Waals surface area contributed by atoms with Gasteiger partial charge in [0.25, 0.3) is 0 Å². The van der Waals surface area contributed by atoms with Crippen molar-refractivity contribution < 1.29 is 24.2 Å². The Balaban J connectivity index is 1.86. The molecule has 0 aromatic rings. The van der Waals surface area contributed by atoms with Crippen molar-refractivity contribution in [2.45, 2.75) is 49.8 Å². The number of hydrogen-bond donors (Lipinski definition) is 2. The number of allylic oxidation sites excluding steroid dienone is 1. The molecule has 2 fully saturated rings. The van der Waals surface area contributed by atoms with Gasteiger partial charge in [-0.05, 0) is 25.7 Å². The molecule has 0 bridgehead atoms. The fourth-order valence-corrected chi connectivity index (χ4v) is 3.90. The first kappa shape index (κ1) is 18.7. The van der Waals surface area contributed by atoms with Crippen molar-refractivity contribution in [1.82, 2.24) is 15.1 Å². The van der Waals surface area contributed by atoms with Crippen molar-refractivity contribution in [2.75, 3.05) is 27.2 Å². The van der Waals surface area contributed by atoms with Gasteiger partial charge in [0.15, 0.2) is 0 Å². The maximum Gasteiger partial charge on any atom is 0.332 e. The molecule has 3 rings (SSSR count). The van der Waals surface area contributed by atoms with Crippen LogP contribution >= 0.6 is 0 Å². The smallest absolute Gasteiger partial charge is 0.332 e. The Morgan fingerprint density at radius 3 is 2.88 bits per heavy atom. The lowest BCUT2D eigenvalue weighted by molar-refractivity contribution is -0.144. The van der Waals surface area contributed by atoms with Gasteiger partial charge in [-0.3, -0.25) is 4.79 Å². The number of esters is 1. The molecule has 0 aromatic carbocycles. The number of nitrogens with zero attached hydrogens (tertiary/aromatic N) is 2. The molecule has 8 heteroatoms. The first-order valence-electron chi connectivity index (χ1n) is 9.16. The van der Waals surface area contributed by atoms with Crippen LogP contribution in [0.25, 0.3) is 0 Å². The van der Waals surface area contributed by atoms with Gasteiger partial charge in [-0.1, -0.05) is 12.2 Å². The Hall–Kier alpha value is -2.09. The van der Waals surface area contributed by atoms with E-state index in [1.54, 1.807) is 11.9 Å². The topological polar surface area (TPSA) is 99.2 Å². The first-order chi connectivity index (χ1) is 12.4. The van der Waals surface area contributed by atoms with Gasteiger partial charge < -0.3 is 25.0 Å². The van der Waals surface area contributed by atoms with Crippen molar-refractivity contribution in [1.29, 1.82) is 0 Å². The van der Waals surface area contributed by atoms with Crippen LogP contribution in [-0.4, -0.2) is 77.7 Å². The Morgan fingerprint density at radius 1 is 1.38 bits per heavy atom. The average Bonchev–Trinajstić information content (AvgIpc) is 3.16. The number of likely N-dealkylation sites (N-methyl/N-ethyl adjacent to an activating group) is 1. The molecule has 1 saturated carbocycles. The number of fused-ring (bicyclic) bond motifs is 2. The molecular formula is C18H27N3O5. The number of rotatable bonds is 1. The molecule has 0 spiro atoms. The lowest BCUT2D eigenvalue weighted by Gasteiger charge is -2.29. The van der Waals surface area contributed by atoms with Gasteiger partial charge in [0.05, 0.1) is 13.2 Å². The second kappa shape index (κ2) is 7.26. The predicted molar refractivity (Wildman–Crippen MR) is 93.1 cm³/mol. The lowest BCUT2D eigenvalue weighted by Crippen LogP contribution is -2.55. The number of nitrogens with one attached hydrogen (secondary N) is 1. The number of carbonyl (C=O) groups excluding carboxylic acids is 3. The quantitative estimate of drug-likeness (QED) is 0.513. The van der Waals surface area contributed by atoms with Gasteiger partial charge in [-0.25, -0.2) is 9.59 Å². The molecule has 3 amide bonds. The molecule has 1 unspecified atom stereocenters. The molecule has 8 nitrogen and oxygen atoms in total. The number of amides is 3. The fourth-order valence-electron chi connectivity index (χ4n) is 3.90. The fraction of sp³-hybridized carbons (Fsp3) is 0.722. The molecule has 0 radical (unpaired) electrons. The van der Waals surface area contributed by atoms with Gasteiger partial charge in [-0.2, -0.15) is 0 Å². The second-order valence-corrected chi connectivity index (χ2v) is 7.45. The van der Waals surface area contributed by atoms with Gasteiger partial charge in [0.2, 0.25) is 5.91 Å². The van der Waals surface area contributed by atoms with E-state index >= 15 is 0 Å². The van der Waals surface area contributed by atoms with Crippen LogP contribution in [0.15, 0.2) is 12.2 Å². The predicted octanol–water partition coefficient (Wildman–Crippen LogP) is 0.261. The first-order valence-corrected chi connectivity index (χ1v) is 9.16. The van der Waals surface area contributed by atoms with Crippen molar-refractivity contribution in [2.24, 2.45) is 5.92 Å². The molecule has 26 heavy (non-hydrogen) atoms. The molecule has 3 aliphatic rings. The Labute approximate surface area is 153 Å². The highest BCUT2D eigenvalue weighted by molar-refractivity contribution is 5.93. The standard InChI is InChI=1S/C18H27N3O5/c1-20-8-6-4-3-5-7-12-10-18(12,16(24)26-2)19-17(25)21-11-13(22)9-14(21)15(20)23/h5,7,12-14,22H,3-4,6,8-11H2,1-2H3,(H,19,25)/b7-5-/t12?,13-,14+,18-/m1/s1. The largest absolute Gasteiger partial charge is 0.467 e. The monoisotopic (exact) mass is 365 g/mol. The summed E-state index contributed by atoms with van der Waals surface area (Å²) in [4.78, 5) is 40.8. The summed E-state index contributed by atoms with van der Waals surface area (Å²) < 4.78 is 4.89. The molecule has 2 heterocycles. The maximum absolute atomic E-state index is 12.8. The lowest BCUT2D eigenvalue weighted by atomic mass is 10.1. The van der Waals surface area contributed by atoms with Crippen LogP contribution in [0.4, 0.5) is 4.79 Å². The van der Waals surface area contributed by atoms with Crippen LogP contribution in [0.5, 0.6) is 0 Å². The maximum atomic E-state index is 12.8. The molecule has 1 saturated heterocycles. The molecule has 144 valence electrons. The number of aliphatic hydroxyl groups is 1. The summed E-state index contributed by atoms with van der Waals surface area (Å²) in [5, 5.41) is 12.8. The van der Waals surface area contributed by atoms with Crippen LogP contribution in [-0.2, 0) is 14.3 Å². The van der Waals surface area contributed by atoms with Crippen LogP contribution in [0.1, 0.15) is 32.1 Å². The third-order valence-electron chi connectivity index (χ3n) is 5.58. The van der Waals surface area contributed by atoms with E-state index in [1.165, 1.54) is 12.0 Å². The van der Waals surface area contributed by atoms with Crippen molar-refractivity contribution in [3.8, 4) is 0 Å². The molecule has 4 atom stereocenters. The summed E-state index contributed by atoms with van der Waals surface area (Å²) in [6, 6.07) is -1.22. The normalized spacial score (nSPS) is 36.5. The van der Waals surface area contributed by atoms with E-state index in [0.717, 1.165) is 19.3 Å². The summed E-state index contributed by atoms with van der Waals surface area (Å²) >= 11 is 0. The average molecular weight is 365 g/mol. The molecular weight excluding hydrogens is 338 g/mol. The number of aliphatic hydroxyl groups excluding tert-OH is 1. The summed E-state index contributed by atoms with van der Waals surface area (Å²) in [7, 11) is 3.02. The van der Waals surface area contributed by atoms with Gasteiger partial charge in [0, 0.05) is 32.5 Å². The van der Waals surface area contributed by atoms with E-state index < -0.39 is 29.7 Å². The minimum atomic E-state index is -1.07. The van der Waals surface area contributed by atoms with Gasteiger partial charge in [0.1, 0.15) is 11.6 Å². The van der Waals surface area contributed by atoms with E-state index in [4.69, 9.17) is 4.74 Å². The molecule has 0 aromatic heterocycles. The third kappa shape index (κ3) is 3.42. The number of urea groups is 1. The number of hydrogen-bond acceptors (Lipinski definition) is 5. The van der Waals surface area contributed by atoms with Crippen molar-refractivity contribution in [3.05, 3.63) is 12.2 Å². The van der Waals surface area contributed by atoms with E-state index in [-0.39, 0.29) is 24.8 Å². The van der Waals surface area contributed by atoms with E-state index in [1.807, 2.05) is 12.2 Å². The van der Waals surface area contributed by atoms with Gasteiger partial charge >= 0.3 is 12.0 Å². The number of carbonyl (C=O) groups is 3. The zero-order chi connectivity index (χ0) is 18.9. The summed E-state index contributed by atoms with van der Waals surface area (Å²) in [6.45, 7) is 0.693. The zero-order valence-corrected chi connectivity index (χ0v) is 15.3. The highest BCUT2D eigenvalue weighted by atomic mass is 16.5. The van der Waals surface area contributed by atoms with Crippen LogP contribution in [0.3, 0.4) is 0 Å². The van der Waals surface area contributed by atoms with Crippen molar-refractivity contribution >= 4 is 17.9 Å². The minimum absolute atomic E-state index is 0.0772. The van der Waals surface area contributed by atoms with Gasteiger partial charge in [-0.15, -0.1) is 0 Å². The Kier molecular flexibility index (Phi) is 5.22. The molecule has 2 aliphatic heterocycles. The van der Waals surface area contributed by atoms with Crippen molar-refractivity contribution in [3.63, 3.8) is 0 Å². The summed E-state index contributed by atoms with van der Waals surface area (Å²) in [6.07, 6.45) is 6.60. The van der Waals surface area contributed by atoms with Crippen LogP contribution < -0.4 is 5.32 Å². The number of ether oxygens (including phenoxy) is 1. The van der Waals surface area contributed by atoms with Crippen LogP contribution in [0.2, 0.25) is 0 Å². The number of methoxy groups -OCH3 is 1. The van der Waals surface area contributed by atoms with E-state index in [9.17, 15) is 19.5 Å². The highest BCUT2D eigenvalue weighted by Gasteiger charge is 2.62. The SMILES string of the molecule is COC(=O)[C@@]12CC1/C=C\CCCCN(C)C(=O)[C@@H]1C[C@@H](O)CN1C(=O)N2. The third-order valence-corrected chi connectivity index (χ3v) is 5.58. The Bertz CT molecular complexity index is 622. The summed E-state index contributed by atoms with van der Waals surface area (Å²) in [5.41, 5.74) is -1.07. The highest BCUT2D eigenvalue weighted by Crippen LogP contribution is 2.46. The van der Waals surface area contributed by atoms with Crippen LogP contribution in [0, 0.1) is 5.92 Å². The van der Waals surface area contributed by atoms with E-state index in [2.05, 4.69) is 5.32 Å². The summed E-state index contributed by atoms with van der Waals surface area (Å²) in [5.74, 6) is -0.762. The second-order valence-electron chi connectivity index (χ2n) is 7.45.